The van der Waals surface area contributed by atoms with Gasteiger partial charge in [-0.3, -0.25) is 9.78 Å². The van der Waals surface area contributed by atoms with Crippen LogP contribution in [0.5, 0.6) is 0 Å². The Balaban J connectivity index is 1.79. The molecule has 0 atom stereocenters. The van der Waals surface area contributed by atoms with Crippen LogP contribution in [-0.2, 0) is 9.53 Å². The number of amides is 1. The van der Waals surface area contributed by atoms with Gasteiger partial charge in [0.05, 0.1) is 24.6 Å². The lowest BCUT2D eigenvalue weighted by Crippen LogP contribution is -2.41. The van der Waals surface area contributed by atoms with Crippen molar-refractivity contribution in [1.29, 1.82) is 0 Å². The van der Waals surface area contributed by atoms with E-state index in [0.717, 1.165) is 17.2 Å². The third kappa shape index (κ3) is 3.89. The van der Waals surface area contributed by atoms with Gasteiger partial charge in [0.25, 0.3) is 0 Å². The summed E-state index contributed by atoms with van der Waals surface area (Å²) >= 11 is 0. The highest BCUT2D eigenvalue weighted by molar-refractivity contribution is 5.76. The van der Waals surface area contributed by atoms with Crippen LogP contribution in [0.1, 0.15) is 17.8 Å². The zero-order valence-electron chi connectivity index (χ0n) is 11.5. The number of rotatable bonds is 4. The van der Waals surface area contributed by atoms with Gasteiger partial charge < -0.3 is 15.0 Å². The second-order valence-corrected chi connectivity index (χ2v) is 4.62. The molecule has 1 aromatic heterocycles. The van der Waals surface area contributed by atoms with E-state index in [2.05, 4.69) is 15.3 Å². The molecule has 104 valence electrons. The van der Waals surface area contributed by atoms with Gasteiger partial charge in [0.2, 0.25) is 5.91 Å². The molecule has 0 bridgehead atoms. The Morgan fingerprint density at radius 3 is 2.89 bits per heavy atom. The average molecular weight is 264 g/mol. The lowest BCUT2D eigenvalue weighted by Gasteiger charge is -2.26. The van der Waals surface area contributed by atoms with Gasteiger partial charge in [0.15, 0.2) is 0 Å². The van der Waals surface area contributed by atoms with Gasteiger partial charge in [-0.05, 0) is 13.8 Å². The number of nitrogens with zero attached hydrogens (tertiary/aromatic N) is 3. The number of hydrogen-bond donors (Lipinski definition) is 1. The Bertz CT molecular complexity index is 444. The number of carbonyl (C=O) groups excluding carboxylic acids is 1. The molecule has 1 N–H and O–H groups in total. The van der Waals surface area contributed by atoms with Crippen molar-refractivity contribution < 1.29 is 9.53 Å². The van der Waals surface area contributed by atoms with E-state index in [1.807, 2.05) is 18.7 Å². The second-order valence-electron chi connectivity index (χ2n) is 4.62. The Labute approximate surface area is 113 Å². The van der Waals surface area contributed by atoms with Gasteiger partial charge in [-0.25, -0.2) is 4.98 Å². The Kier molecular flexibility index (Phi) is 4.68. The summed E-state index contributed by atoms with van der Waals surface area (Å²) in [5.74, 6) is 0.920. The standard InChI is InChI=1S/C13H20N4O2/c1-10-9-15-11(2)13(16-10)14-4-3-12(18)17-5-7-19-8-6-17/h9H,3-8H2,1-2H3,(H,14,16). The van der Waals surface area contributed by atoms with E-state index in [1.54, 1.807) is 6.20 Å². The number of aromatic nitrogens is 2. The van der Waals surface area contributed by atoms with Crippen LogP contribution in [0.4, 0.5) is 5.82 Å². The molecule has 2 rings (SSSR count). The van der Waals surface area contributed by atoms with Crippen LogP contribution < -0.4 is 5.32 Å². The zero-order valence-corrected chi connectivity index (χ0v) is 11.5. The van der Waals surface area contributed by atoms with Crippen molar-refractivity contribution in [2.75, 3.05) is 38.2 Å². The molecule has 1 saturated heterocycles. The Hall–Kier alpha value is -1.69. The minimum absolute atomic E-state index is 0.161. The summed E-state index contributed by atoms with van der Waals surface area (Å²) in [7, 11) is 0. The molecule has 19 heavy (non-hydrogen) atoms. The van der Waals surface area contributed by atoms with Crippen LogP contribution in [0.25, 0.3) is 0 Å². The molecule has 0 unspecified atom stereocenters. The van der Waals surface area contributed by atoms with Crippen molar-refractivity contribution in [2.24, 2.45) is 0 Å². The highest BCUT2D eigenvalue weighted by Gasteiger charge is 2.16. The predicted octanol–water partition coefficient (Wildman–Crippen LogP) is 0.754. The van der Waals surface area contributed by atoms with Crippen LogP contribution in [0.2, 0.25) is 0 Å². The minimum atomic E-state index is 0.161. The fourth-order valence-electron chi connectivity index (χ4n) is 1.96. The molecule has 0 spiro atoms. The number of anilines is 1. The van der Waals surface area contributed by atoms with Gasteiger partial charge in [-0.2, -0.15) is 0 Å². The van der Waals surface area contributed by atoms with Gasteiger partial charge >= 0.3 is 0 Å². The minimum Gasteiger partial charge on any atom is -0.378 e. The zero-order chi connectivity index (χ0) is 13.7. The maximum atomic E-state index is 11.9. The van der Waals surface area contributed by atoms with E-state index in [0.29, 0.717) is 39.3 Å². The second kappa shape index (κ2) is 6.47. The van der Waals surface area contributed by atoms with Gasteiger partial charge in [-0.15, -0.1) is 0 Å². The lowest BCUT2D eigenvalue weighted by molar-refractivity contribution is -0.134. The van der Waals surface area contributed by atoms with Crippen molar-refractivity contribution in [3.8, 4) is 0 Å². The van der Waals surface area contributed by atoms with Crippen molar-refractivity contribution in [3.63, 3.8) is 0 Å². The molecule has 1 fully saturated rings. The first kappa shape index (κ1) is 13.7. The van der Waals surface area contributed by atoms with Crippen LogP contribution in [0, 0.1) is 13.8 Å². The summed E-state index contributed by atoms with van der Waals surface area (Å²) in [5, 5.41) is 3.17. The maximum absolute atomic E-state index is 11.9. The number of nitrogens with one attached hydrogen (secondary N) is 1. The first-order chi connectivity index (χ1) is 9.16. The summed E-state index contributed by atoms with van der Waals surface area (Å²) < 4.78 is 5.22. The third-order valence-electron chi connectivity index (χ3n) is 3.07. The maximum Gasteiger partial charge on any atom is 0.224 e. The van der Waals surface area contributed by atoms with Crippen molar-refractivity contribution in [2.45, 2.75) is 20.3 Å². The SMILES string of the molecule is Cc1cnc(C)c(NCCC(=O)N2CCOCC2)n1. The van der Waals surface area contributed by atoms with Crippen molar-refractivity contribution in [3.05, 3.63) is 17.6 Å². The number of hydrogen-bond acceptors (Lipinski definition) is 5. The third-order valence-corrected chi connectivity index (χ3v) is 3.07. The van der Waals surface area contributed by atoms with Crippen LogP contribution >= 0.6 is 0 Å². The van der Waals surface area contributed by atoms with E-state index in [1.165, 1.54) is 0 Å². The Morgan fingerprint density at radius 2 is 2.16 bits per heavy atom. The fourth-order valence-corrected chi connectivity index (χ4v) is 1.96. The van der Waals surface area contributed by atoms with Crippen LogP contribution in [0.15, 0.2) is 6.20 Å². The molecule has 6 heteroatoms. The average Bonchev–Trinajstić information content (AvgIpc) is 2.43. The smallest absolute Gasteiger partial charge is 0.224 e. The van der Waals surface area contributed by atoms with Gasteiger partial charge in [0.1, 0.15) is 5.82 Å². The van der Waals surface area contributed by atoms with Gasteiger partial charge in [0, 0.05) is 32.3 Å². The summed E-state index contributed by atoms with van der Waals surface area (Å²) in [6.45, 7) is 7.05. The molecule has 6 nitrogen and oxygen atoms in total. The molecule has 2 heterocycles. The first-order valence-electron chi connectivity index (χ1n) is 6.56. The van der Waals surface area contributed by atoms with Crippen LogP contribution in [-0.4, -0.2) is 53.6 Å². The summed E-state index contributed by atoms with van der Waals surface area (Å²) in [4.78, 5) is 22.4. The Morgan fingerprint density at radius 1 is 1.42 bits per heavy atom. The number of carbonyl (C=O) groups is 1. The molecular formula is C13H20N4O2. The van der Waals surface area contributed by atoms with E-state index in [9.17, 15) is 4.79 Å². The van der Waals surface area contributed by atoms with Crippen LogP contribution in [0.3, 0.4) is 0 Å². The normalized spacial score (nSPS) is 15.4. The topological polar surface area (TPSA) is 67.4 Å². The van der Waals surface area contributed by atoms with E-state index >= 15 is 0 Å². The quantitative estimate of drug-likeness (QED) is 0.869. The first-order valence-corrected chi connectivity index (χ1v) is 6.56. The van der Waals surface area contributed by atoms with Gasteiger partial charge in [-0.1, -0.05) is 0 Å². The summed E-state index contributed by atoms with van der Waals surface area (Å²) in [6.07, 6.45) is 2.20. The summed E-state index contributed by atoms with van der Waals surface area (Å²) in [6, 6.07) is 0. The van der Waals surface area contributed by atoms with Crippen molar-refractivity contribution in [1.82, 2.24) is 14.9 Å². The molecule has 1 amide bonds. The predicted molar refractivity (Wildman–Crippen MR) is 72.0 cm³/mol. The number of morpholine rings is 1. The lowest BCUT2D eigenvalue weighted by atomic mass is 10.3. The molecule has 1 aliphatic heterocycles. The largest absolute Gasteiger partial charge is 0.378 e. The molecule has 1 aromatic rings. The highest BCUT2D eigenvalue weighted by atomic mass is 16.5. The molecule has 0 aromatic carbocycles. The molecular weight excluding hydrogens is 244 g/mol. The summed E-state index contributed by atoms with van der Waals surface area (Å²) in [5.41, 5.74) is 1.72. The highest BCUT2D eigenvalue weighted by Crippen LogP contribution is 2.08. The van der Waals surface area contributed by atoms with E-state index in [-0.39, 0.29) is 5.91 Å². The van der Waals surface area contributed by atoms with E-state index < -0.39 is 0 Å². The molecule has 0 aliphatic carbocycles. The number of ether oxygens (including phenoxy) is 1. The monoisotopic (exact) mass is 264 g/mol. The molecule has 1 aliphatic rings. The fraction of sp³-hybridized carbons (Fsp3) is 0.615. The van der Waals surface area contributed by atoms with E-state index in [4.69, 9.17) is 4.74 Å². The molecule has 0 saturated carbocycles. The molecule has 0 radical (unpaired) electrons. The number of aryl methyl sites for hydroxylation is 2. The van der Waals surface area contributed by atoms with Crippen molar-refractivity contribution >= 4 is 11.7 Å².